The molecule has 0 aromatic carbocycles. The molecule has 0 aromatic heterocycles. The number of carboxylic acid groups (broad SMARTS) is 1. The Morgan fingerprint density at radius 3 is 2.18 bits per heavy atom. The molecule has 1 amide bonds. The van der Waals surface area contributed by atoms with Crippen LogP contribution in [-0.2, 0) is 19.4 Å². The van der Waals surface area contributed by atoms with E-state index in [0.29, 0.717) is 32.1 Å². The molecule has 0 heterocycles. The fraction of sp³-hybridized carbons (Fsp3) is 0.867. The largest absolute Gasteiger partial charge is 0.481 e. The maximum Gasteiger partial charge on any atom is 0.306 e. The Morgan fingerprint density at radius 1 is 1.05 bits per heavy atom. The van der Waals surface area contributed by atoms with Gasteiger partial charge in [-0.2, -0.15) is 0 Å². The molecule has 4 atom stereocenters. The number of rotatable bonds is 4. The summed E-state index contributed by atoms with van der Waals surface area (Å²) in [6, 6.07) is -0.278. The predicted octanol–water partition coefficient (Wildman–Crippen LogP) is 1.30. The van der Waals surface area contributed by atoms with Crippen LogP contribution in [0.1, 0.15) is 44.9 Å². The van der Waals surface area contributed by atoms with Crippen molar-refractivity contribution < 1.29 is 23.1 Å². The summed E-state index contributed by atoms with van der Waals surface area (Å²) in [5.41, 5.74) is 0. The number of nitrogens with zero attached hydrogens (tertiary/aromatic N) is 1. The van der Waals surface area contributed by atoms with Crippen molar-refractivity contribution in [2.24, 2.45) is 11.8 Å². The standard InChI is InChI=1S/C15H25NO5S/c1-16(12-5-3-4-6-13(12)22(2,20)21)14(17)10-7-8-11(9-10)15(18)19/h10-13H,3-9H2,1-2H3,(H,18,19)/t10-,11+,12?,13?/m1/s1. The van der Waals surface area contributed by atoms with Gasteiger partial charge >= 0.3 is 5.97 Å². The number of amides is 1. The van der Waals surface area contributed by atoms with Gasteiger partial charge in [-0.3, -0.25) is 9.59 Å². The zero-order valence-electron chi connectivity index (χ0n) is 13.2. The van der Waals surface area contributed by atoms with E-state index in [1.54, 1.807) is 11.9 Å². The van der Waals surface area contributed by atoms with E-state index in [4.69, 9.17) is 5.11 Å². The molecule has 0 aromatic rings. The Labute approximate surface area is 131 Å². The Balaban J connectivity index is 2.07. The smallest absolute Gasteiger partial charge is 0.306 e. The summed E-state index contributed by atoms with van der Waals surface area (Å²) in [4.78, 5) is 25.2. The quantitative estimate of drug-likeness (QED) is 0.838. The first kappa shape index (κ1) is 17.2. The van der Waals surface area contributed by atoms with Gasteiger partial charge in [0.25, 0.3) is 0 Å². The van der Waals surface area contributed by atoms with Gasteiger partial charge in [0.2, 0.25) is 5.91 Å². The number of aliphatic carboxylic acids is 1. The molecule has 0 aliphatic heterocycles. The molecule has 2 aliphatic carbocycles. The third-order valence-electron chi connectivity index (χ3n) is 5.19. The Morgan fingerprint density at radius 2 is 1.64 bits per heavy atom. The maximum atomic E-state index is 12.6. The van der Waals surface area contributed by atoms with E-state index in [9.17, 15) is 18.0 Å². The molecule has 2 saturated carbocycles. The van der Waals surface area contributed by atoms with Crippen LogP contribution in [-0.4, -0.2) is 54.9 Å². The van der Waals surface area contributed by atoms with Gasteiger partial charge in [-0.15, -0.1) is 0 Å². The Hall–Kier alpha value is -1.11. The molecule has 0 bridgehead atoms. The highest BCUT2D eigenvalue weighted by Crippen LogP contribution is 2.34. The zero-order valence-corrected chi connectivity index (χ0v) is 14.0. The fourth-order valence-electron chi connectivity index (χ4n) is 3.90. The topological polar surface area (TPSA) is 91.8 Å². The molecule has 6 nitrogen and oxygen atoms in total. The molecule has 126 valence electrons. The molecule has 2 fully saturated rings. The van der Waals surface area contributed by atoms with Crippen molar-refractivity contribution in [3.05, 3.63) is 0 Å². The van der Waals surface area contributed by atoms with Gasteiger partial charge in [-0.05, 0) is 32.1 Å². The van der Waals surface area contributed by atoms with E-state index >= 15 is 0 Å². The van der Waals surface area contributed by atoms with E-state index < -0.39 is 27.0 Å². The molecule has 7 heteroatoms. The summed E-state index contributed by atoms with van der Waals surface area (Å²) in [7, 11) is -1.52. The van der Waals surface area contributed by atoms with Crippen molar-refractivity contribution in [1.82, 2.24) is 4.90 Å². The van der Waals surface area contributed by atoms with E-state index in [0.717, 1.165) is 12.8 Å². The summed E-state index contributed by atoms with van der Waals surface area (Å²) < 4.78 is 23.9. The average Bonchev–Trinajstić information content (AvgIpc) is 2.95. The summed E-state index contributed by atoms with van der Waals surface area (Å²) in [6.45, 7) is 0. The van der Waals surface area contributed by atoms with Crippen LogP contribution in [0.5, 0.6) is 0 Å². The van der Waals surface area contributed by atoms with Gasteiger partial charge in [-0.1, -0.05) is 12.8 Å². The normalized spacial score (nSPS) is 32.6. The second kappa shape index (κ2) is 6.56. The zero-order chi connectivity index (χ0) is 16.5. The number of hydrogen-bond acceptors (Lipinski definition) is 4. The lowest BCUT2D eigenvalue weighted by atomic mass is 9.92. The van der Waals surface area contributed by atoms with Gasteiger partial charge in [0.1, 0.15) is 0 Å². The van der Waals surface area contributed by atoms with Gasteiger partial charge in [0.05, 0.1) is 11.2 Å². The van der Waals surface area contributed by atoms with E-state index in [-0.39, 0.29) is 17.9 Å². The molecular weight excluding hydrogens is 306 g/mol. The van der Waals surface area contributed by atoms with Crippen molar-refractivity contribution in [3.63, 3.8) is 0 Å². The van der Waals surface area contributed by atoms with Crippen LogP contribution in [0.2, 0.25) is 0 Å². The highest BCUT2D eigenvalue weighted by Gasteiger charge is 2.41. The summed E-state index contributed by atoms with van der Waals surface area (Å²) in [5.74, 6) is -1.67. The first-order chi connectivity index (χ1) is 10.2. The lowest BCUT2D eigenvalue weighted by Gasteiger charge is -2.38. The molecule has 0 radical (unpaired) electrons. The predicted molar refractivity (Wildman–Crippen MR) is 82.1 cm³/mol. The number of carbonyl (C=O) groups is 2. The Kier molecular flexibility index (Phi) is 5.14. The minimum Gasteiger partial charge on any atom is -0.481 e. The molecule has 22 heavy (non-hydrogen) atoms. The minimum absolute atomic E-state index is 0.0932. The average molecular weight is 331 g/mol. The van der Waals surface area contributed by atoms with Gasteiger partial charge < -0.3 is 10.0 Å². The molecule has 2 unspecified atom stereocenters. The third-order valence-corrected chi connectivity index (χ3v) is 6.84. The summed E-state index contributed by atoms with van der Waals surface area (Å²) >= 11 is 0. The van der Waals surface area contributed by atoms with E-state index in [1.807, 2.05) is 0 Å². The highest BCUT2D eigenvalue weighted by molar-refractivity contribution is 7.91. The summed E-state index contributed by atoms with van der Waals surface area (Å²) in [5, 5.41) is 8.55. The van der Waals surface area contributed by atoms with Gasteiger partial charge in [-0.25, -0.2) is 8.42 Å². The molecular formula is C15H25NO5S. The second-order valence-electron chi connectivity index (χ2n) is 6.71. The third kappa shape index (κ3) is 3.62. The number of sulfone groups is 1. The Bertz CT molecular complexity index is 544. The van der Waals surface area contributed by atoms with Crippen LogP contribution in [0.3, 0.4) is 0 Å². The number of hydrogen-bond donors (Lipinski definition) is 1. The van der Waals surface area contributed by atoms with Crippen LogP contribution >= 0.6 is 0 Å². The minimum atomic E-state index is -3.19. The first-order valence-electron chi connectivity index (χ1n) is 7.90. The highest BCUT2D eigenvalue weighted by atomic mass is 32.2. The lowest BCUT2D eigenvalue weighted by Crippen LogP contribution is -2.50. The fourth-order valence-corrected chi connectivity index (χ4v) is 5.39. The van der Waals surface area contributed by atoms with Crippen molar-refractivity contribution >= 4 is 21.7 Å². The van der Waals surface area contributed by atoms with E-state index in [2.05, 4.69) is 0 Å². The molecule has 0 spiro atoms. The second-order valence-corrected chi connectivity index (χ2v) is 8.98. The van der Waals surface area contributed by atoms with Crippen LogP contribution < -0.4 is 0 Å². The van der Waals surface area contributed by atoms with E-state index in [1.165, 1.54) is 6.26 Å². The molecule has 2 aliphatic rings. The van der Waals surface area contributed by atoms with Gasteiger partial charge in [0.15, 0.2) is 9.84 Å². The van der Waals surface area contributed by atoms with Gasteiger partial charge in [0, 0.05) is 25.3 Å². The lowest BCUT2D eigenvalue weighted by molar-refractivity contribution is -0.141. The molecule has 0 saturated heterocycles. The maximum absolute atomic E-state index is 12.6. The molecule has 2 rings (SSSR count). The van der Waals surface area contributed by atoms with Crippen molar-refractivity contribution in [3.8, 4) is 0 Å². The van der Waals surface area contributed by atoms with Crippen LogP contribution in [0.4, 0.5) is 0 Å². The van der Waals surface area contributed by atoms with Crippen LogP contribution in [0.15, 0.2) is 0 Å². The number of carbonyl (C=O) groups excluding carboxylic acids is 1. The van der Waals surface area contributed by atoms with Crippen LogP contribution in [0.25, 0.3) is 0 Å². The first-order valence-corrected chi connectivity index (χ1v) is 9.85. The summed E-state index contributed by atoms with van der Waals surface area (Å²) in [6.07, 6.45) is 5.82. The van der Waals surface area contributed by atoms with Crippen molar-refractivity contribution in [2.45, 2.75) is 56.2 Å². The molecule has 1 N–H and O–H groups in total. The SMILES string of the molecule is CN(C(=O)[C@@H]1CC[C@H](C(=O)O)C1)C1CCCCC1S(C)(=O)=O. The van der Waals surface area contributed by atoms with Crippen molar-refractivity contribution in [1.29, 1.82) is 0 Å². The monoisotopic (exact) mass is 331 g/mol. The van der Waals surface area contributed by atoms with Crippen LogP contribution in [0, 0.1) is 11.8 Å². The van der Waals surface area contributed by atoms with Crippen molar-refractivity contribution in [2.75, 3.05) is 13.3 Å². The number of carboxylic acids is 1.